The summed E-state index contributed by atoms with van der Waals surface area (Å²) in [6.45, 7) is 0. The minimum atomic E-state index is -0.437. The topological polar surface area (TPSA) is 9.23 Å². The molecule has 0 amide bonds. The second kappa shape index (κ2) is 10.9. The smallest absolute Gasteiger partial charge is 0.132 e. The Kier molecular flexibility index (Phi) is 6.11. The summed E-state index contributed by atoms with van der Waals surface area (Å²) in [7, 11) is 0. The first-order valence-electron chi connectivity index (χ1n) is 17.5. The lowest BCUT2D eigenvalue weighted by molar-refractivity contribution is 0.436. The Morgan fingerprint density at radius 2 is 0.863 bits per heavy atom. The number of ether oxygens (including phenoxy) is 1. The summed E-state index contributed by atoms with van der Waals surface area (Å²) < 4.78 is 9.41. The molecule has 0 atom stereocenters. The van der Waals surface area contributed by atoms with Gasteiger partial charge in [0, 0.05) is 31.3 Å². The number of hydrogen-bond acceptors (Lipinski definition) is 2. The number of thiophene rings is 1. The predicted octanol–water partition coefficient (Wildman–Crippen LogP) is 13.5. The summed E-state index contributed by atoms with van der Waals surface area (Å²) in [5.41, 5.74) is 14.4. The van der Waals surface area contributed by atoms with Crippen molar-refractivity contribution in [2.24, 2.45) is 0 Å². The summed E-state index contributed by atoms with van der Waals surface area (Å²) >= 11 is 1.87. The minimum absolute atomic E-state index is 0.437. The first-order chi connectivity index (χ1) is 25.3. The van der Waals surface area contributed by atoms with Crippen molar-refractivity contribution >= 4 is 31.5 Å². The molecule has 0 unspecified atom stereocenters. The molecule has 11 rings (SSSR count). The van der Waals surface area contributed by atoms with E-state index in [-0.39, 0.29) is 0 Å². The molecule has 238 valence electrons. The summed E-state index contributed by atoms with van der Waals surface area (Å²) in [6.07, 6.45) is 0. The average molecular weight is 667 g/mol. The van der Waals surface area contributed by atoms with Crippen LogP contribution >= 0.6 is 11.3 Å². The van der Waals surface area contributed by atoms with Gasteiger partial charge in [0.2, 0.25) is 0 Å². The molecule has 2 heterocycles. The van der Waals surface area contributed by atoms with E-state index in [2.05, 4.69) is 182 Å². The van der Waals surface area contributed by atoms with Crippen molar-refractivity contribution in [1.82, 2.24) is 0 Å². The van der Waals surface area contributed by atoms with Crippen LogP contribution in [-0.2, 0) is 5.41 Å². The highest BCUT2D eigenvalue weighted by atomic mass is 32.1. The normalized spacial score (nSPS) is 13.4. The molecule has 1 aromatic heterocycles. The summed E-state index contributed by atoms with van der Waals surface area (Å²) in [6, 6.07) is 66.4. The third-order valence-electron chi connectivity index (χ3n) is 11.0. The van der Waals surface area contributed by atoms with Crippen molar-refractivity contribution < 1.29 is 4.74 Å². The molecule has 0 N–H and O–H groups in total. The molecule has 1 aliphatic carbocycles. The minimum Gasteiger partial charge on any atom is -0.457 e. The van der Waals surface area contributed by atoms with Crippen molar-refractivity contribution in [2.45, 2.75) is 5.41 Å². The van der Waals surface area contributed by atoms with Crippen molar-refractivity contribution in [3.05, 3.63) is 204 Å². The standard InChI is InChI=1S/C49H30OS/c1-4-14-40-37(10-1)38-11-2-5-15-41(38)49(40)42-16-6-7-17-44(42)50-45-30-35(28-29-43(45)49)33-22-20-31(21-23-33)32-24-26-34(27-25-32)36-13-9-19-47-48(36)39-12-3-8-18-46(39)51-47/h1-30H. The third kappa shape index (κ3) is 4.08. The van der Waals surface area contributed by atoms with Crippen molar-refractivity contribution in [2.75, 3.05) is 0 Å². The molecule has 2 aliphatic rings. The predicted molar refractivity (Wildman–Crippen MR) is 213 cm³/mol. The molecule has 0 fully saturated rings. The molecule has 9 aromatic rings. The van der Waals surface area contributed by atoms with E-state index >= 15 is 0 Å². The van der Waals surface area contributed by atoms with Crippen molar-refractivity contribution in [3.8, 4) is 56.0 Å². The highest BCUT2D eigenvalue weighted by Gasteiger charge is 2.50. The van der Waals surface area contributed by atoms with E-state index in [0.717, 1.165) is 22.6 Å². The SMILES string of the molecule is c1ccc2c(c1)Oc1cc(-c3ccc(-c4ccc(-c5cccc6sc7ccccc7c56)cc4)cc3)ccc1C21c2ccccc2-c2ccccc21. The third-order valence-corrected chi connectivity index (χ3v) is 12.1. The van der Waals surface area contributed by atoms with E-state index in [4.69, 9.17) is 4.74 Å². The lowest BCUT2D eigenvalue weighted by atomic mass is 9.66. The first kappa shape index (κ1) is 28.6. The quantitative estimate of drug-likeness (QED) is 0.182. The molecule has 51 heavy (non-hydrogen) atoms. The highest BCUT2D eigenvalue weighted by molar-refractivity contribution is 7.25. The Labute approximate surface area is 300 Å². The van der Waals surface area contributed by atoms with Gasteiger partial charge in [-0.05, 0) is 79.9 Å². The number of benzene rings is 8. The number of hydrogen-bond donors (Lipinski definition) is 0. The molecule has 1 aliphatic heterocycles. The largest absolute Gasteiger partial charge is 0.457 e. The molecule has 0 radical (unpaired) electrons. The van der Waals surface area contributed by atoms with E-state index < -0.39 is 5.41 Å². The molecule has 1 spiro atoms. The van der Waals surface area contributed by atoms with Gasteiger partial charge in [-0.2, -0.15) is 0 Å². The average Bonchev–Trinajstić information content (AvgIpc) is 3.72. The summed E-state index contributed by atoms with van der Waals surface area (Å²) in [4.78, 5) is 0. The maximum Gasteiger partial charge on any atom is 0.132 e. The van der Waals surface area contributed by atoms with Gasteiger partial charge < -0.3 is 4.74 Å². The molecule has 2 heteroatoms. The van der Waals surface area contributed by atoms with Crippen LogP contribution in [0.25, 0.3) is 64.7 Å². The lowest BCUT2D eigenvalue weighted by Crippen LogP contribution is -2.32. The van der Waals surface area contributed by atoms with Gasteiger partial charge >= 0.3 is 0 Å². The van der Waals surface area contributed by atoms with Gasteiger partial charge in [-0.3, -0.25) is 0 Å². The first-order valence-corrected chi connectivity index (χ1v) is 18.3. The fourth-order valence-electron chi connectivity index (χ4n) is 8.75. The fraction of sp³-hybridized carbons (Fsp3) is 0.0204. The number of para-hydroxylation sites is 1. The van der Waals surface area contributed by atoms with Crippen LogP contribution in [0, 0.1) is 0 Å². The Hall–Kier alpha value is -6.22. The maximum atomic E-state index is 6.74. The Morgan fingerprint density at radius 1 is 0.353 bits per heavy atom. The molecule has 1 nitrogen and oxygen atoms in total. The zero-order valence-electron chi connectivity index (χ0n) is 27.6. The van der Waals surface area contributed by atoms with E-state index in [9.17, 15) is 0 Å². The zero-order valence-corrected chi connectivity index (χ0v) is 28.5. The summed E-state index contributed by atoms with van der Waals surface area (Å²) in [5.74, 6) is 1.82. The lowest BCUT2D eigenvalue weighted by Gasteiger charge is -2.39. The van der Waals surface area contributed by atoms with E-state index in [1.54, 1.807) is 0 Å². The van der Waals surface area contributed by atoms with Crippen LogP contribution in [0.15, 0.2) is 182 Å². The van der Waals surface area contributed by atoms with E-state index in [1.165, 1.54) is 75.8 Å². The molecule has 0 bridgehead atoms. The monoisotopic (exact) mass is 666 g/mol. The molecule has 0 saturated heterocycles. The second-order valence-corrected chi connectivity index (χ2v) is 14.7. The zero-order chi connectivity index (χ0) is 33.5. The van der Waals surface area contributed by atoms with Gasteiger partial charge in [0.1, 0.15) is 11.5 Å². The van der Waals surface area contributed by atoms with Gasteiger partial charge in [-0.25, -0.2) is 0 Å². The fourth-order valence-corrected chi connectivity index (χ4v) is 9.89. The summed E-state index contributed by atoms with van der Waals surface area (Å²) in [5, 5.41) is 2.68. The van der Waals surface area contributed by atoms with Crippen LogP contribution in [-0.4, -0.2) is 0 Å². The van der Waals surface area contributed by atoms with Gasteiger partial charge in [0.05, 0.1) is 5.41 Å². The molecular formula is C49H30OS. The van der Waals surface area contributed by atoms with E-state index in [0.29, 0.717) is 0 Å². The van der Waals surface area contributed by atoms with E-state index in [1.807, 2.05) is 11.3 Å². The van der Waals surface area contributed by atoms with Crippen molar-refractivity contribution in [3.63, 3.8) is 0 Å². The van der Waals surface area contributed by atoms with Crippen molar-refractivity contribution in [1.29, 1.82) is 0 Å². The van der Waals surface area contributed by atoms with Gasteiger partial charge in [-0.15, -0.1) is 11.3 Å². The number of rotatable bonds is 3. The molecular weight excluding hydrogens is 637 g/mol. The Morgan fingerprint density at radius 3 is 1.59 bits per heavy atom. The van der Waals surface area contributed by atoms with Gasteiger partial charge in [0.25, 0.3) is 0 Å². The maximum absolute atomic E-state index is 6.74. The highest BCUT2D eigenvalue weighted by Crippen LogP contribution is 2.62. The van der Waals surface area contributed by atoms with Crippen LogP contribution < -0.4 is 4.74 Å². The van der Waals surface area contributed by atoms with Gasteiger partial charge in [-0.1, -0.05) is 158 Å². The molecule has 0 saturated carbocycles. The van der Waals surface area contributed by atoms with Gasteiger partial charge in [0.15, 0.2) is 0 Å². The van der Waals surface area contributed by atoms with Crippen LogP contribution in [0.1, 0.15) is 22.3 Å². The van der Waals surface area contributed by atoms with Crippen LogP contribution in [0.4, 0.5) is 0 Å². The van der Waals surface area contributed by atoms with Crippen LogP contribution in [0.2, 0.25) is 0 Å². The van der Waals surface area contributed by atoms with Crippen LogP contribution in [0.3, 0.4) is 0 Å². The number of fused-ring (bicyclic) bond motifs is 12. The Balaban J connectivity index is 0.960. The van der Waals surface area contributed by atoms with Crippen LogP contribution in [0.5, 0.6) is 11.5 Å². The Bertz CT molecular complexity index is 2780. The molecule has 8 aromatic carbocycles. The second-order valence-electron chi connectivity index (χ2n) is 13.6.